The number of aromatic nitrogens is 4. The summed E-state index contributed by atoms with van der Waals surface area (Å²) in [6, 6.07) is 5.29. The van der Waals surface area contributed by atoms with Gasteiger partial charge in [-0.25, -0.2) is 0 Å². The molecule has 2 rings (SSSR count). The van der Waals surface area contributed by atoms with Crippen LogP contribution in [0.25, 0.3) is 0 Å². The first-order valence-corrected chi connectivity index (χ1v) is 6.42. The van der Waals surface area contributed by atoms with Gasteiger partial charge in [-0.1, -0.05) is 17.2 Å². The summed E-state index contributed by atoms with van der Waals surface area (Å²) in [7, 11) is 3.14. The van der Waals surface area contributed by atoms with E-state index in [1.54, 1.807) is 19.2 Å². The van der Waals surface area contributed by atoms with E-state index in [1.165, 1.54) is 11.9 Å². The molecule has 0 saturated heterocycles. The predicted molar refractivity (Wildman–Crippen MR) is 80.2 cm³/mol. The standard InChI is InChI=1S/C12H14N6O2S/c1-7-5-4-6-8(9(7)20-3)10(19)13-12(21)14-11-15-17-18(2)16-11/h4-6H,1-3H3,(H2,13,14,16,19,21). The largest absolute Gasteiger partial charge is 0.496 e. The fraction of sp³-hybridized carbons (Fsp3) is 0.250. The smallest absolute Gasteiger partial charge is 0.269 e. The van der Waals surface area contributed by atoms with Crippen LogP contribution in [0.4, 0.5) is 5.95 Å². The van der Waals surface area contributed by atoms with Crippen LogP contribution in [0, 0.1) is 6.92 Å². The minimum absolute atomic E-state index is 0.0801. The maximum absolute atomic E-state index is 12.2. The Morgan fingerprint density at radius 2 is 2.19 bits per heavy atom. The Hall–Kier alpha value is -2.55. The first-order chi connectivity index (χ1) is 10.0. The second-order valence-corrected chi connectivity index (χ2v) is 4.57. The summed E-state index contributed by atoms with van der Waals surface area (Å²) in [4.78, 5) is 13.5. The highest BCUT2D eigenvalue weighted by Gasteiger charge is 2.15. The van der Waals surface area contributed by atoms with Gasteiger partial charge in [-0.2, -0.15) is 4.80 Å². The molecule has 2 N–H and O–H groups in total. The summed E-state index contributed by atoms with van der Waals surface area (Å²) in [5, 5.41) is 16.5. The number of carbonyl (C=O) groups excluding carboxylic acids is 1. The molecular formula is C12H14N6O2S. The number of amides is 1. The number of nitrogens with one attached hydrogen (secondary N) is 2. The number of nitrogens with zero attached hydrogens (tertiary/aromatic N) is 4. The molecule has 1 amide bonds. The molecule has 8 nitrogen and oxygen atoms in total. The van der Waals surface area contributed by atoms with E-state index < -0.39 is 0 Å². The molecule has 0 spiro atoms. The van der Waals surface area contributed by atoms with Gasteiger partial charge in [0.1, 0.15) is 5.75 Å². The molecule has 0 aliphatic rings. The third kappa shape index (κ3) is 3.51. The van der Waals surface area contributed by atoms with Gasteiger partial charge >= 0.3 is 0 Å². The Bertz CT molecular complexity index is 684. The first-order valence-electron chi connectivity index (χ1n) is 6.01. The Morgan fingerprint density at radius 3 is 2.81 bits per heavy atom. The van der Waals surface area contributed by atoms with Crippen LogP contribution < -0.4 is 15.4 Å². The third-order valence-electron chi connectivity index (χ3n) is 2.62. The maximum atomic E-state index is 12.2. The fourth-order valence-electron chi connectivity index (χ4n) is 1.74. The van der Waals surface area contributed by atoms with Crippen LogP contribution in [0.1, 0.15) is 15.9 Å². The van der Waals surface area contributed by atoms with Gasteiger partial charge in [0.15, 0.2) is 5.11 Å². The topological polar surface area (TPSA) is 94.0 Å². The van der Waals surface area contributed by atoms with Gasteiger partial charge in [0.25, 0.3) is 11.9 Å². The van der Waals surface area contributed by atoms with Gasteiger partial charge in [0.05, 0.1) is 19.7 Å². The number of hydrogen-bond acceptors (Lipinski definition) is 6. The van der Waals surface area contributed by atoms with Gasteiger partial charge in [-0.05, 0) is 36.0 Å². The monoisotopic (exact) mass is 306 g/mol. The number of hydrogen-bond donors (Lipinski definition) is 2. The average Bonchev–Trinajstić information content (AvgIpc) is 2.83. The van der Waals surface area contributed by atoms with Crippen LogP contribution in [0.15, 0.2) is 18.2 Å². The van der Waals surface area contributed by atoms with E-state index in [4.69, 9.17) is 17.0 Å². The summed E-state index contributed by atoms with van der Waals surface area (Å²) in [6.07, 6.45) is 0. The normalized spacial score (nSPS) is 10.0. The number of methoxy groups -OCH3 is 1. The Balaban J connectivity index is 2.07. The van der Waals surface area contributed by atoms with E-state index in [1.807, 2.05) is 13.0 Å². The molecule has 0 bridgehead atoms. The third-order valence-corrected chi connectivity index (χ3v) is 2.83. The minimum atomic E-state index is -0.378. The van der Waals surface area contributed by atoms with Crippen molar-refractivity contribution in [3.63, 3.8) is 0 Å². The molecule has 21 heavy (non-hydrogen) atoms. The van der Waals surface area contributed by atoms with Crippen molar-refractivity contribution >= 4 is 29.2 Å². The molecule has 1 aromatic heterocycles. The number of ether oxygens (including phenoxy) is 1. The summed E-state index contributed by atoms with van der Waals surface area (Å²) < 4.78 is 5.24. The van der Waals surface area contributed by atoms with Crippen molar-refractivity contribution in [3.8, 4) is 5.75 Å². The molecule has 0 saturated carbocycles. The molecule has 0 unspecified atom stereocenters. The first kappa shape index (κ1) is 14.9. The number of thiocarbonyl (C=S) groups is 1. The van der Waals surface area contributed by atoms with E-state index >= 15 is 0 Å². The zero-order valence-corrected chi connectivity index (χ0v) is 12.6. The van der Waals surface area contributed by atoms with Crippen molar-refractivity contribution in [2.24, 2.45) is 7.05 Å². The van der Waals surface area contributed by atoms with Crippen molar-refractivity contribution in [3.05, 3.63) is 29.3 Å². The van der Waals surface area contributed by atoms with Crippen LogP contribution in [-0.4, -0.2) is 38.3 Å². The highest BCUT2D eigenvalue weighted by atomic mass is 32.1. The van der Waals surface area contributed by atoms with Gasteiger partial charge in [-0.15, -0.1) is 5.10 Å². The van der Waals surface area contributed by atoms with Crippen LogP contribution in [0.2, 0.25) is 0 Å². The van der Waals surface area contributed by atoms with Crippen LogP contribution in [-0.2, 0) is 7.05 Å². The lowest BCUT2D eigenvalue weighted by Crippen LogP contribution is -2.34. The van der Waals surface area contributed by atoms with E-state index in [0.29, 0.717) is 11.3 Å². The fourth-order valence-corrected chi connectivity index (χ4v) is 1.92. The molecule has 2 aromatic rings. The molecular weight excluding hydrogens is 292 g/mol. The Kier molecular flexibility index (Phi) is 4.43. The lowest BCUT2D eigenvalue weighted by atomic mass is 10.1. The number of carbonyl (C=O) groups is 1. The molecule has 0 aliphatic heterocycles. The summed E-state index contributed by atoms with van der Waals surface area (Å²) in [6.45, 7) is 1.86. The van der Waals surface area contributed by atoms with Crippen LogP contribution in [0.3, 0.4) is 0 Å². The number of tetrazole rings is 1. The molecule has 9 heteroatoms. The lowest BCUT2D eigenvalue weighted by molar-refractivity contribution is 0.0974. The van der Waals surface area contributed by atoms with Crippen molar-refractivity contribution in [1.29, 1.82) is 0 Å². The number of benzene rings is 1. The number of aryl methyl sites for hydroxylation is 2. The summed E-state index contributed by atoms with van der Waals surface area (Å²) in [5.41, 5.74) is 1.26. The van der Waals surface area contributed by atoms with Crippen molar-refractivity contribution < 1.29 is 9.53 Å². The van der Waals surface area contributed by atoms with E-state index in [9.17, 15) is 4.79 Å². The second-order valence-electron chi connectivity index (χ2n) is 4.17. The molecule has 1 heterocycles. The molecule has 0 atom stereocenters. The van der Waals surface area contributed by atoms with E-state index in [0.717, 1.165) is 5.56 Å². The predicted octanol–water partition coefficient (Wildman–Crippen LogP) is 0.654. The van der Waals surface area contributed by atoms with Crippen molar-refractivity contribution in [1.82, 2.24) is 25.5 Å². The maximum Gasteiger partial charge on any atom is 0.269 e. The molecule has 0 radical (unpaired) electrons. The second kappa shape index (κ2) is 6.27. The Morgan fingerprint density at radius 1 is 1.43 bits per heavy atom. The highest BCUT2D eigenvalue weighted by molar-refractivity contribution is 7.80. The Labute approximate surface area is 126 Å². The van der Waals surface area contributed by atoms with Gasteiger partial charge in [0, 0.05) is 0 Å². The zero-order chi connectivity index (χ0) is 15.4. The van der Waals surface area contributed by atoms with Gasteiger partial charge in [-0.3, -0.25) is 15.4 Å². The van der Waals surface area contributed by atoms with E-state index in [-0.39, 0.29) is 17.0 Å². The summed E-state index contributed by atoms with van der Waals surface area (Å²) >= 11 is 5.03. The molecule has 1 aromatic carbocycles. The van der Waals surface area contributed by atoms with Crippen LogP contribution in [0.5, 0.6) is 5.75 Å². The van der Waals surface area contributed by atoms with Gasteiger partial charge in [0.2, 0.25) is 0 Å². The molecule has 0 fully saturated rings. The number of rotatable bonds is 3. The number of anilines is 1. The zero-order valence-electron chi connectivity index (χ0n) is 11.7. The van der Waals surface area contributed by atoms with Crippen LogP contribution >= 0.6 is 12.2 Å². The number of para-hydroxylation sites is 1. The molecule has 110 valence electrons. The quantitative estimate of drug-likeness (QED) is 0.804. The average molecular weight is 306 g/mol. The minimum Gasteiger partial charge on any atom is -0.496 e. The van der Waals surface area contributed by atoms with Gasteiger partial charge < -0.3 is 4.74 Å². The summed E-state index contributed by atoms with van der Waals surface area (Å²) in [5.74, 6) is 0.339. The van der Waals surface area contributed by atoms with Crippen molar-refractivity contribution in [2.75, 3.05) is 12.4 Å². The van der Waals surface area contributed by atoms with Crippen molar-refractivity contribution in [2.45, 2.75) is 6.92 Å². The highest BCUT2D eigenvalue weighted by Crippen LogP contribution is 2.22. The lowest BCUT2D eigenvalue weighted by Gasteiger charge is -2.11. The molecule has 0 aliphatic carbocycles. The van der Waals surface area contributed by atoms with E-state index in [2.05, 4.69) is 26.0 Å². The SMILES string of the molecule is COc1c(C)cccc1C(=O)NC(=S)Nc1nnn(C)n1.